The van der Waals surface area contributed by atoms with E-state index >= 15 is 0 Å². The van der Waals surface area contributed by atoms with E-state index < -0.39 is 6.10 Å². The van der Waals surface area contributed by atoms with Gasteiger partial charge in [0.2, 0.25) is 0 Å². The number of hydrogen-bond donors (Lipinski definition) is 1. The van der Waals surface area contributed by atoms with Crippen molar-refractivity contribution in [2.24, 2.45) is 0 Å². The molecule has 0 fully saturated rings. The Morgan fingerprint density at radius 3 is 2.78 bits per heavy atom. The molecule has 1 unspecified atom stereocenters. The van der Waals surface area contributed by atoms with Crippen molar-refractivity contribution in [2.45, 2.75) is 6.10 Å². The molecule has 4 heteroatoms. The first-order valence-corrected chi connectivity index (χ1v) is 7.18. The highest BCUT2D eigenvalue weighted by atomic mass is 79.9. The highest BCUT2D eigenvalue weighted by molar-refractivity contribution is 9.11. The van der Waals surface area contributed by atoms with Crippen molar-refractivity contribution < 1.29 is 5.11 Å². The van der Waals surface area contributed by atoms with Crippen LogP contribution in [-0.4, -0.2) is 10.1 Å². The van der Waals surface area contributed by atoms with Crippen molar-refractivity contribution in [1.29, 1.82) is 0 Å². The fourth-order valence-corrected chi connectivity index (χ4v) is 3.09. The molecular weight excluding hydrogens is 310 g/mol. The van der Waals surface area contributed by atoms with Crippen molar-refractivity contribution in [3.8, 4) is 0 Å². The molecule has 2 aromatic heterocycles. The van der Waals surface area contributed by atoms with Gasteiger partial charge in [-0.05, 0) is 45.1 Å². The van der Waals surface area contributed by atoms with E-state index in [-0.39, 0.29) is 0 Å². The molecule has 0 bridgehead atoms. The van der Waals surface area contributed by atoms with Crippen molar-refractivity contribution in [1.82, 2.24) is 4.98 Å². The molecule has 2 heterocycles. The lowest BCUT2D eigenvalue weighted by Crippen LogP contribution is -1.98. The fraction of sp³-hybridized carbons (Fsp3) is 0.0714. The second-order valence-electron chi connectivity index (χ2n) is 4.05. The maximum atomic E-state index is 10.3. The second kappa shape index (κ2) is 4.80. The Kier molecular flexibility index (Phi) is 3.16. The lowest BCUT2D eigenvalue weighted by atomic mass is 10.0. The van der Waals surface area contributed by atoms with Crippen LogP contribution in [-0.2, 0) is 0 Å². The zero-order chi connectivity index (χ0) is 12.5. The van der Waals surface area contributed by atoms with Crippen LogP contribution >= 0.6 is 27.3 Å². The number of aliphatic hydroxyl groups excluding tert-OH is 1. The lowest BCUT2D eigenvalue weighted by molar-refractivity contribution is 0.220. The van der Waals surface area contributed by atoms with Gasteiger partial charge < -0.3 is 5.11 Å². The summed E-state index contributed by atoms with van der Waals surface area (Å²) < 4.78 is 1.02. The summed E-state index contributed by atoms with van der Waals surface area (Å²) in [5, 5.41) is 13.3. The van der Waals surface area contributed by atoms with Gasteiger partial charge in [0.15, 0.2) is 0 Å². The molecule has 2 nitrogen and oxygen atoms in total. The third-order valence-corrected chi connectivity index (χ3v) is 4.35. The summed E-state index contributed by atoms with van der Waals surface area (Å²) in [6.07, 6.45) is 1.11. The number of para-hydroxylation sites is 1. The quantitative estimate of drug-likeness (QED) is 0.770. The van der Waals surface area contributed by atoms with E-state index in [0.717, 1.165) is 25.8 Å². The number of aliphatic hydroxyl groups is 1. The predicted molar refractivity (Wildman–Crippen MR) is 77.8 cm³/mol. The zero-order valence-electron chi connectivity index (χ0n) is 9.38. The number of nitrogens with zero attached hydrogens (tertiary/aromatic N) is 1. The Balaban J connectivity index is 2.03. The first-order valence-electron chi connectivity index (χ1n) is 5.51. The van der Waals surface area contributed by atoms with Crippen LogP contribution in [0, 0.1) is 0 Å². The van der Waals surface area contributed by atoms with Gasteiger partial charge in [-0.1, -0.05) is 18.2 Å². The topological polar surface area (TPSA) is 33.1 Å². The van der Waals surface area contributed by atoms with Gasteiger partial charge >= 0.3 is 0 Å². The SMILES string of the molecule is OC(c1csc(Br)c1)c1cnc2ccccc2c1. The summed E-state index contributed by atoms with van der Waals surface area (Å²) in [4.78, 5) is 4.37. The predicted octanol–water partition coefficient (Wildman–Crippen LogP) is 4.14. The summed E-state index contributed by atoms with van der Waals surface area (Å²) in [6, 6.07) is 11.8. The number of thiophene rings is 1. The smallest absolute Gasteiger partial charge is 0.106 e. The van der Waals surface area contributed by atoms with E-state index in [1.165, 1.54) is 0 Å². The maximum absolute atomic E-state index is 10.3. The third kappa shape index (κ3) is 2.19. The maximum Gasteiger partial charge on any atom is 0.106 e. The summed E-state index contributed by atoms with van der Waals surface area (Å²) in [7, 11) is 0. The van der Waals surface area contributed by atoms with Crippen LogP contribution in [0.1, 0.15) is 17.2 Å². The molecule has 1 aromatic carbocycles. The number of halogens is 1. The standard InChI is InChI=1S/C14H10BrNOS/c15-13-6-11(8-18-13)14(17)10-5-9-3-1-2-4-12(9)16-7-10/h1-8,14,17H. The highest BCUT2D eigenvalue weighted by Gasteiger charge is 2.13. The van der Waals surface area contributed by atoms with Gasteiger partial charge in [0.1, 0.15) is 6.10 Å². The Labute approximate surface area is 117 Å². The van der Waals surface area contributed by atoms with E-state index in [9.17, 15) is 5.11 Å². The Hall–Kier alpha value is -1.23. The van der Waals surface area contributed by atoms with Crippen LogP contribution in [0.2, 0.25) is 0 Å². The molecule has 0 saturated carbocycles. The summed E-state index contributed by atoms with van der Waals surface area (Å²) in [5.74, 6) is 0. The first-order chi connectivity index (χ1) is 8.74. The molecule has 1 N–H and O–H groups in total. The lowest BCUT2D eigenvalue weighted by Gasteiger charge is -2.09. The minimum Gasteiger partial charge on any atom is -0.384 e. The number of fused-ring (bicyclic) bond motifs is 1. The van der Waals surface area contributed by atoms with Gasteiger partial charge in [-0.25, -0.2) is 0 Å². The Bertz CT molecular complexity index is 695. The molecule has 18 heavy (non-hydrogen) atoms. The number of benzene rings is 1. The summed E-state index contributed by atoms with van der Waals surface area (Å²) in [5.41, 5.74) is 2.66. The Morgan fingerprint density at radius 2 is 2.00 bits per heavy atom. The average Bonchev–Trinajstić information content (AvgIpc) is 2.84. The van der Waals surface area contributed by atoms with Crippen molar-refractivity contribution >= 4 is 38.2 Å². The largest absolute Gasteiger partial charge is 0.384 e. The van der Waals surface area contributed by atoms with Crippen LogP contribution in [0.25, 0.3) is 10.9 Å². The van der Waals surface area contributed by atoms with Gasteiger partial charge in [-0.15, -0.1) is 11.3 Å². The van der Waals surface area contributed by atoms with E-state index in [1.807, 2.05) is 41.8 Å². The first kappa shape index (κ1) is 11.8. The molecule has 0 radical (unpaired) electrons. The van der Waals surface area contributed by atoms with E-state index in [4.69, 9.17) is 0 Å². The van der Waals surface area contributed by atoms with Crippen LogP contribution in [0.3, 0.4) is 0 Å². The summed E-state index contributed by atoms with van der Waals surface area (Å²) in [6.45, 7) is 0. The monoisotopic (exact) mass is 319 g/mol. The van der Waals surface area contributed by atoms with Crippen LogP contribution < -0.4 is 0 Å². The minimum absolute atomic E-state index is 0.621. The van der Waals surface area contributed by atoms with Crippen molar-refractivity contribution in [3.63, 3.8) is 0 Å². The van der Waals surface area contributed by atoms with E-state index in [1.54, 1.807) is 17.5 Å². The van der Waals surface area contributed by atoms with Crippen LogP contribution in [0.4, 0.5) is 0 Å². The average molecular weight is 320 g/mol. The van der Waals surface area contributed by atoms with E-state index in [0.29, 0.717) is 0 Å². The molecule has 0 spiro atoms. The number of rotatable bonds is 2. The van der Waals surface area contributed by atoms with Gasteiger partial charge in [0, 0.05) is 17.1 Å². The number of hydrogen-bond acceptors (Lipinski definition) is 3. The van der Waals surface area contributed by atoms with Gasteiger partial charge in [0.25, 0.3) is 0 Å². The molecule has 0 saturated heterocycles. The summed E-state index contributed by atoms with van der Waals surface area (Å²) >= 11 is 4.97. The minimum atomic E-state index is -0.621. The van der Waals surface area contributed by atoms with Gasteiger partial charge in [-0.2, -0.15) is 0 Å². The molecular formula is C14H10BrNOS. The molecule has 0 aliphatic rings. The van der Waals surface area contributed by atoms with Gasteiger partial charge in [-0.3, -0.25) is 4.98 Å². The molecule has 0 aliphatic carbocycles. The zero-order valence-corrected chi connectivity index (χ0v) is 11.8. The van der Waals surface area contributed by atoms with Crippen LogP contribution in [0.5, 0.6) is 0 Å². The normalized spacial score (nSPS) is 12.8. The number of aromatic nitrogens is 1. The second-order valence-corrected chi connectivity index (χ2v) is 6.34. The molecule has 0 aliphatic heterocycles. The van der Waals surface area contributed by atoms with Crippen molar-refractivity contribution in [3.05, 3.63) is 62.9 Å². The fourth-order valence-electron chi connectivity index (χ4n) is 1.90. The van der Waals surface area contributed by atoms with Crippen LogP contribution in [0.15, 0.2) is 51.8 Å². The molecule has 3 rings (SSSR count). The molecule has 0 amide bonds. The molecule has 3 aromatic rings. The number of pyridine rings is 1. The highest BCUT2D eigenvalue weighted by Crippen LogP contribution is 2.29. The third-order valence-electron chi connectivity index (χ3n) is 2.83. The van der Waals surface area contributed by atoms with E-state index in [2.05, 4.69) is 20.9 Å². The molecule has 1 atom stereocenters. The van der Waals surface area contributed by atoms with Crippen molar-refractivity contribution in [2.75, 3.05) is 0 Å². The molecule has 90 valence electrons. The van der Waals surface area contributed by atoms with Gasteiger partial charge in [0.05, 0.1) is 9.30 Å². The Morgan fingerprint density at radius 1 is 1.17 bits per heavy atom.